The van der Waals surface area contributed by atoms with Crippen molar-refractivity contribution in [1.82, 2.24) is 15.6 Å². The number of amides is 2. The molecule has 2 rings (SSSR count). The Morgan fingerprint density at radius 1 is 1.38 bits per heavy atom. The van der Waals surface area contributed by atoms with Crippen LogP contribution in [-0.4, -0.2) is 17.2 Å². The Kier molecular flexibility index (Phi) is 6.37. The highest BCUT2D eigenvalue weighted by Crippen LogP contribution is 2.24. The molecule has 5 nitrogen and oxygen atoms in total. The molecule has 0 aliphatic heterocycles. The van der Waals surface area contributed by atoms with Gasteiger partial charge in [-0.05, 0) is 30.4 Å². The third-order valence-corrected chi connectivity index (χ3v) is 3.09. The first-order valence-corrected chi connectivity index (χ1v) is 7.50. The Morgan fingerprint density at radius 2 is 2.19 bits per heavy atom. The molecular formula is C18H16F3N3O2. The lowest BCUT2D eigenvalue weighted by atomic mass is 10.3. The van der Waals surface area contributed by atoms with Gasteiger partial charge in [-0.15, -0.1) is 0 Å². The Balaban J connectivity index is 1.84. The van der Waals surface area contributed by atoms with E-state index >= 15 is 0 Å². The van der Waals surface area contributed by atoms with Crippen LogP contribution in [0.2, 0.25) is 0 Å². The minimum atomic E-state index is -4.53. The quantitative estimate of drug-likeness (QED) is 0.774. The van der Waals surface area contributed by atoms with Crippen molar-refractivity contribution in [2.45, 2.75) is 12.6 Å². The highest BCUT2D eigenvalue weighted by molar-refractivity contribution is 5.77. The number of halogens is 3. The first-order chi connectivity index (χ1) is 12.3. The van der Waals surface area contributed by atoms with E-state index in [2.05, 4.69) is 22.2 Å². The molecule has 0 unspecified atom stereocenters. The van der Waals surface area contributed by atoms with Gasteiger partial charge in [-0.2, -0.15) is 13.2 Å². The van der Waals surface area contributed by atoms with E-state index in [1.807, 2.05) is 0 Å². The molecule has 0 aromatic carbocycles. The standard InChI is InChI=1S/C18H16F3N3O2/c1-13(18(19,20)21)9-11-23-17(25)24-14-4-2-5-15(8-7-14)26-16-6-3-10-22-12-16/h2-7,9-12H,1,8H2,(H2,23,24,25)/b11-9+. The first-order valence-electron chi connectivity index (χ1n) is 7.50. The van der Waals surface area contributed by atoms with Crippen molar-refractivity contribution >= 4 is 6.03 Å². The maximum Gasteiger partial charge on any atom is 0.415 e. The molecular weight excluding hydrogens is 347 g/mol. The number of allylic oxidation sites excluding steroid dienone is 6. The minimum absolute atomic E-state index is 0.415. The van der Waals surface area contributed by atoms with E-state index in [0.29, 0.717) is 29.7 Å². The summed E-state index contributed by atoms with van der Waals surface area (Å²) < 4.78 is 42.5. The van der Waals surface area contributed by atoms with E-state index in [0.717, 1.165) is 6.20 Å². The number of ether oxygens (including phenoxy) is 1. The van der Waals surface area contributed by atoms with E-state index < -0.39 is 17.8 Å². The minimum Gasteiger partial charge on any atom is -0.460 e. The zero-order valence-electron chi connectivity index (χ0n) is 13.6. The Morgan fingerprint density at radius 3 is 2.88 bits per heavy atom. The molecule has 136 valence electrons. The first kappa shape index (κ1) is 19.0. The second-order valence-electron chi connectivity index (χ2n) is 5.10. The molecule has 2 amide bonds. The molecule has 0 spiro atoms. The summed E-state index contributed by atoms with van der Waals surface area (Å²) in [7, 11) is 0. The average Bonchev–Trinajstić information content (AvgIpc) is 2.80. The van der Waals surface area contributed by atoms with Crippen LogP contribution >= 0.6 is 0 Å². The predicted octanol–water partition coefficient (Wildman–Crippen LogP) is 4.12. The van der Waals surface area contributed by atoms with Crippen LogP contribution in [0.25, 0.3) is 0 Å². The largest absolute Gasteiger partial charge is 0.460 e. The van der Waals surface area contributed by atoms with Crippen LogP contribution in [0.4, 0.5) is 18.0 Å². The van der Waals surface area contributed by atoms with E-state index in [9.17, 15) is 18.0 Å². The fraction of sp³-hybridized carbons (Fsp3) is 0.111. The molecule has 1 heterocycles. The van der Waals surface area contributed by atoms with Gasteiger partial charge in [0, 0.05) is 30.1 Å². The van der Waals surface area contributed by atoms with Crippen molar-refractivity contribution < 1.29 is 22.7 Å². The van der Waals surface area contributed by atoms with Gasteiger partial charge in [0.15, 0.2) is 0 Å². The van der Waals surface area contributed by atoms with Gasteiger partial charge >= 0.3 is 12.2 Å². The number of aromatic nitrogens is 1. The van der Waals surface area contributed by atoms with Crippen molar-refractivity contribution in [3.05, 3.63) is 84.7 Å². The van der Waals surface area contributed by atoms with Crippen molar-refractivity contribution in [3.8, 4) is 5.75 Å². The summed E-state index contributed by atoms with van der Waals surface area (Å²) in [5, 5.41) is 4.70. The number of alkyl halides is 3. The van der Waals surface area contributed by atoms with Gasteiger partial charge in [0.1, 0.15) is 11.5 Å². The molecule has 0 bridgehead atoms. The van der Waals surface area contributed by atoms with E-state index in [4.69, 9.17) is 4.74 Å². The number of carbonyl (C=O) groups is 1. The molecule has 1 aliphatic rings. The molecule has 2 N–H and O–H groups in total. The normalized spacial score (nSPS) is 14.3. The summed E-state index contributed by atoms with van der Waals surface area (Å²) in [5.41, 5.74) is -0.584. The van der Waals surface area contributed by atoms with Crippen molar-refractivity contribution in [2.75, 3.05) is 0 Å². The SMILES string of the molecule is C=C(/C=C/NC(=O)NC1=CCC(Oc2cccnc2)=CC=C1)C(F)(F)F. The molecule has 1 aliphatic carbocycles. The van der Waals surface area contributed by atoms with Crippen LogP contribution in [0.15, 0.2) is 84.7 Å². The van der Waals surface area contributed by atoms with Crippen LogP contribution in [-0.2, 0) is 0 Å². The van der Waals surface area contributed by atoms with Crippen LogP contribution in [0.5, 0.6) is 5.75 Å². The fourth-order valence-corrected chi connectivity index (χ4v) is 1.81. The molecule has 0 radical (unpaired) electrons. The smallest absolute Gasteiger partial charge is 0.415 e. The highest BCUT2D eigenvalue weighted by Gasteiger charge is 2.29. The predicted molar refractivity (Wildman–Crippen MR) is 90.8 cm³/mol. The molecule has 8 heteroatoms. The molecule has 1 aromatic rings. The van der Waals surface area contributed by atoms with Crippen LogP contribution < -0.4 is 15.4 Å². The third-order valence-electron chi connectivity index (χ3n) is 3.09. The maximum atomic E-state index is 12.3. The van der Waals surface area contributed by atoms with Crippen LogP contribution in [0, 0.1) is 0 Å². The van der Waals surface area contributed by atoms with Gasteiger partial charge in [0.25, 0.3) is 0 Å². The second-order valence-corrected chi connectivity index (χ2v) is 5.10. The summed E-state index contributed by atoms with van der Waals surface area (Å²) in [6.45, 7) is 2.86. The Labute approximate surface area is 148 Å². The summed E-state index contributed by atoms with van der Waals surface area (Å²) in [6, 6.07) is 2.83. The number of pyridine rings is 1. The van der Waals surface area contributed by atoms with Gasteiger partial charge in [0.2, 0.25) is 0 Å². The lowest BCUT2D eigenvalue weighted by molar-refractivity contribution is -0.0878. The lowest BCUT2D eigenvalue weighted by Crippen LogP contribution is -2.31. The van der Waals surface area contributed by atoms with Gasteiger partial charge < -0.3 is 15.4 Å². The fourth-order valence-electron chi connectivity index (χ4n) is 1.81. The summed E-state index contributed by atoms with van der Waals surface area (Å²) in [4.78, 5) is 15.7. The van der Waals surface area contributed by atoms with Gasteiger partial charge in [-0.1, -0.05) is 18.7 Å². The van der Waals surface area contributed by atoms with Gasteiger partial charge in [0.05, 0.1) is 6.20 Å². The number of hydrogen-bond donors (Lipinski definition) is 2. The molecule has 0 saturated carbocycles. The number of nitrogens with one attached hydrogen (secondary N) is 2. The second kappa shape index (κ2) is 8.70. The van der Waals surface area contributed by atoms with Gasteiger partial charge in [-0.25, -0.2) is 4.79 Å². The summed E-state index contributed by atoms with van der Waals surface area (Å²) in [5.74, 6) is 1.23. The van der Waals surface area contributed by atoms with E-state index in [1.165, 1.54) is 0 Å². The van der Waals surface area contributed by atoms with Crippen molar-refractivity contribution in [3.63, 3.8) is 0 Å². The number of nitrogens with zero attached hydrogens (tertiary/aromatic N) is 1. The van der Waals surface area contributed by atoms with Gasteiger partial charge in [-0.3, -0.25) is 4.98 Å². The molecule has 1 aromatic heterocycles. The monoisotopic (exact) mass is 363 g/mol. The maximum absolute atomic E-state index is 12.3. The molecule has 0 atom stereocenters. The Hall–Kier alpha value is -3.29. The number of urea groups is 1. The number of carbonyl (C=O) groups excluding carboxylic acids is 1. The zero-order chi connectivity index (χ0) is 19.0. The van der Waals surface area contributed by atoms with Crippen molar-refractivity contribution in [1.29, 1.82) is 0 Å². The average molecular weight is 363 g/mol. The lowest BCUT2D eigenvalue weighted by Gasteiger charge is -2.08. The van der Waals surface area contributed by atoms with Crippen LogP contribution in [0.1, 0.15) is 6.42 Å². The summed E-state index contributed by atoms with van der Waals surface area (Å²) >= 11 is 0. The Bertz CT molecular complexity index is 779. The molecule has 26 heavy (non-hydrogen) atoms. The zero-order valence-corrected chi connectivity index (χ0v) is 13.6. The highest BCUT2D eigenvalue weighted by atomic mass is 19.4. The topological polar surface area (TPSA) is 63.2 Å². The third kappa shape index (κ3) is 6.31. The van der Waals surface area contributed by atoms with E-state index in [1.54, 1.807) is 48.8 Å². The number of rotatable bonds is 5. The molecule has 0 saturated heterocycles. The molecule has 0 fully saturated rings. The number of hydrogen-bond acceptors (Lipinski definition) is 3. The van der Waals surface area contributed by atoms with Crippen molar-refractivity contribution in [2.24, 2.45) is 0 Å². The van der Waals surface area contributed by atoms with Crippen LogP contribution in [0.3, 0.4) is 0 Å². The summed E-state index contributed by atoms with van der Waals surface area (Å²) in [6.07, 6.45) is 7.42. The van der Waals surface area contributed by atoms with E-state index in [-0.39, 0.29) is 0 Å².